The average molecular weight is 208 g/mol. The van der Waals surface area contributed by atoms with Gasteiger partial charge in [0.25, 0.3) is 0 Å². The minimum absolute atomic E-state index is 0.368. The van der Waals surface area contributed by atoms with E-state index in [2.05, 4.69) is 0 Å². The Labute approximate surface area is 89.4 Å². The molecule has 1 aliphatic carbocycles. The Kier molecular flexibility index (Phi) is 3.56. The first-order chi connectivity index (χ1) is 7.38. The van der Waals surface area contributed by atoms with Gasteiger partial charge >= 0.3 is 0 Å². The van der Waals surface area contributed by atoms with E-state index < -0.39 is 0 Å². The lowest BCUT2D eigenvalue weighted by molar-refractivity contribution is 0.0824. The van der Waals surface area contributed by atoms with Gasteiger partial charge in [-0.05, 0) is 24.5 Å². The van der Waals surface area contributed by atoms with Crippen LogP contribution >= 0.6 is 0 Å². The van der Waals surface area contributed by atoms with Gasteiger partial charge in [0.15, 0.2) is 12.0 Å². The monoisotopic (exact) mass is 208 g/mol. The lowest BCUT2D eigenvalue weighted by Gasteiger charge is -2.24. The van der Waals surface area contributed by atoms with Gasteiger partial charge < -0.3 is 9.15 Å². The van der Waals surface area contributed by atoms with Crippen molar-refractivity contribution < 1.29 is 13.9 Å². The zero-order chi connectivity index (χ0) is 10.5. The second kappa shape index (κ2) is 5.12. The van der Waals surface area contributed by atoms with Crippen LogP contribution in [0.4, 0.5) is 0 Å². The SMILES string of the molecule is O=Cc1ccc(COCCC2CCC2)o1. The van der Waals surface area contributed by atoms with Gasteiger partial charge in [0, 0.05) is 6.61 Å². The molecule has 0 aliphatic heterocycles. The largest absolute Gasteiger partial charge is 0.456 e. The molecule has 1 heterocycles. The van der Waals surface area contributed by atoms with E-state index in [1.807, 2.05) is 0 Å². The van der Waals surface area contributed by atoms with E-state index in [1.54, 1.807) is 12.1 Å². The standard InChI is InChI=1S/C12H16O3/c13-8-11-4-5-12(15-11)9-14-7-6-10-2-1-3-10/h4-5,8,10H,1-3,6-7,9H2. The molecule has 15 heavy (non-hydrogen) atoms. The molecule has 3 heteroatoms. The normalized spacial score (nSPS) is 16.3. The Bertz CT molecular complexity index is 312. The third-order valence-corrected chi connectivity index (χ3v) is 2.94. The predicted molar refractivity (Wildman–Crippen MR) is 55.7 cm³/mol. The van der Waals surface area contributed by atoms with Gasteiger partial charge in [-0.15, -0.1) is 0 Å². The molecule has 1 aromatic rings. The highest BCUT2D eigenvalue weighted by atomic mass is 16.5. The fourth-order valence-electron chi connectivity index (χ4n) is 1.74. The van der Waals surface area contributed by atoms with Crippen LogP contribution in [0.2, 0.25) is 0 Å². The van der Waals surface area contributed by atoms with E-state index in [4.69, 9.17) is 9.15 Å². The van der Waals surface area contributed by atoms with Gasteiger partial charge in [0.1, 0.15) is 12.4 Å². The molecule has 0 N–H and O–H groups in total. The Morgan fingerprint density at radius 3 is 2.93 bits per heavy atom. The van der Waals surface area contributed by atoms with E-state index in [0.717, 1.165) is 24.7 Å². The maximum absolute atomic E-state index is 10.4. The van der Waals surface area contributed by atoms with Crippen molar-refractivity contribution in [2.75, 3.05) is 6.61 Å². The minimum Gasteiger partial charge on any atom is -0.456 e. The number of aldehydes is 1. The van der Waals surface area contributed by atoms with Gasteiger partial charge in [-0.2, -0.15) is 0 Å². The summed E-state index contributed by atoms with van der Waals surface area (Å²) in [6, 6.07) is 3.45. The Morgan fingerprint density at radius 1 is 1.47 bits per heavy atom. The summed E-state index contributed by atoms with van der Waals surface area (Å²) < 4.78 is 10.7. The maximum Gasteiger partial charge on any atom is 0.185 e. The number of carbonyl (C=O) groups is 1. The van der Waals surface area contributed by atoms with Crippen molar-refractivity contribution >= 4 is 6.29 Å². The van der Waals surface area contributed by atoms with Crippen molar-refractivity contribution in [3.8, 4) is 0 Å². The first-order valence-corrected chi connectivity index (χ1v) is 5.50. The lowest BCUT2D eigenvalue weighted by atomic mass is 9.83. The Hall–Kier alpha value is -1.09. The van der Waals surface area contributed by atoms with E-state index in [-0.39, 0.29) is 0 Å². The summed E-state index contributed by atoms with van der Waals surface area (Å²) in [4.78, 5) is 10.4. The number of rotatable bonds is 6. The molecule has 0 unspecified atom stereocenters. The number of hydrogen-bond donors (Lipinski definition) is 0. The molecule has 1 aliphatic rings. The molecule has 3 nitrogen and oxygen atoms in total. The van der Waals surface area contributed by atoms with Crippen LogP contribution in [0.15, 0.2) is 16.5 Å². The van der Waals surface area contributed by atoms with Gasteiger partial charge in [-0.1, -0.05) is 19.3 Å². The first-order valence-electron chi connectivity index (χ1n) is 5.50. The second-order valence-corrected chi connectivity index (χ2v) is 4.06. The van der Waals surface area contributed by atoms with Crippen LogP contribution in [0.25, 0.3) is 0 Å². The van der Waals surface area contributed by atoms with Gasteiger partial charge in [-0.25, -0.2) is 0 Å². The summed E-state index contributed by atoms with van der Waals surface area (Å²) in [6.07, 6.45) is 5.96. The fraction of sp³-hybridized carbons (Fsp3) is 0.583. The molecule has 1 aromatic heterocycles. The van der Waals surface area contributed by atoms with Crippen LogP contribution in [-0.4, -0.2) is 12.9 Å². The molecule has 0 aromatic carbocycles. The molecule has 0 atom stereocenters. The highest BCUT2D eigenvalue weighted by molar-refractivity contribution is 5.70. The van der Waals surface area contributed by atoms with Crippen LogP contribution in [0.5, 0.6) is 0 Å². The summed E-state index contributed by atoms with van der Waals surface area (Å²) in [5.74, 6) is 1.98. The highest BCUT2D eigenvalue weighted by Crippen LogP contribution is 2.29. The molecule has 0 amide bonds. The molecule has 0 saturated heterocycles. The lowest BCUT2D eigenvalue weighted by Crippen LogP contribution is -2.13. The highest BCUT2D eigenvalue weighted by Gasteiger charge is 2.16. The Morgan fingerprint density at radius 2 is 2.33 bits per heavy atom. The number of ether oxygens (including phenoxy) is 1. The van der Waals surface area contributed by atoms with Crippen LogP contribution in [0, 0.1) is 5.92 Å². The molecule has 82 valence electrons. The molecule has 1 fully saturated rings. The van der Waals surface area contributed by atoms with Crippen molar-refractivity contribution in [3.63, 3.8) is 0 Å². The van der Waals surface area contributed by atoms with Gasteiger partial charge in [0.2, 0.25) is 0 Å². The van der Waals surface area contributed by atoms with Crippen molar-refractivity contribution in [1.29, 1.82) is 0 Å². The summed E-state index contributed by atoms with van der Waals surface area (Å²) in [5.41, 5.74) is 0. The zero-order valence-electron chi connectivity index (χ0n) is 8.78. The second-order valence-electron chi connectivity index (χ2n) is 4.06. The van der Waals surface area contributed by atoms with E-state index in [9.17, 15) is 4.79 Å². The molecule has 0 spiro atoms. The maximum atomic E-state index is 10.4. The molecule has 0 bridgehead atoms. The van der Waals surface area contributed by atoms with Gasteiger partial charge in [0.05, 0.1) is 0 Å². The zero-order valence-corrected chi connectivity index (χ0v) is 8.78. The van der Waals surface area contributed by atoms with Crippen LogP contribution in [0.1, 0.15) is 42.0 Å². The van der Waals surface area contributed by atoms with Crippen LogP contribution < -0.4 is 0 Å². The molecular weight excluding hydrogens is 192 g/mol. The fourth-order valence-corrected chi connectivity index (χ4v) is 1.74. The van der Waals surface area contributed by atoms with Crippen molar-refractivity contribution in [1.82, 2.24) is 0 Å². The summed E-state index contributed by atoms with van der Waals surface area (Å²) in [5, 5.41) is 0. The summed E-state index contributed by atoms with van der Waals surface area (Å²) in [7, 11) is 0. The smallest absolute Gasteiger partial charge is 0.185 e. The average Bonchev–Trinajstić information content (AvgIpc) is 2.62. The topological polar surface area (TPSA) is 39.4 Å². The minimum atomic E-state index is 0.368. The van der Waals surface area contributed by atoms with Crippen molar-refractivity contribution in [2.24, 2.45) is 5.92 Å². The molecule has 0 radical (unpaired) electrons. The number of carbonyl (C=O) groups excluding carboxylic acids is 1. The first kappa shape index (κ1) is 10.4. The summed E-state index contributed by atoms with van der Waals surface area (Å²) >= 11 is 0. The quantitative estimate of drug-likeness (QED) is 0.533. The van der Waals surface area contributed by atoms with Crippen LogP contribution in [0.3, 0.4) is 0 Å². The third-order valence-electron chi connectivity index (χ3n) is 2.94. The van der Waals surface area contributed by atoms with Crippen molar-refractivity contribution in [2.45, 2.75) is 32.3 Å². The van der Waals surface area contributed by atoms with E-state index in [0.29, 0.717) is 18.7 Å². The number of hydrogen-bond acceptors (Lipinski definition) is 3. The number of furan rings is 1. The Balaban J connectivity index is 1.62. The van der Waals surface area contributed by atoms with E-state index >= 15 is 0 Å². The predicted octanol–water partition coefficient (Wildman–Crippen LogP) is 2.80. The molecule has 1 saturated carbocycles. The third kappa shape index (κ3) is 2.93. The van der Waals surface area contributed by atoms with Crippen molar-refractivity contribution in [3.05, 3.63) is 23.7 Å². The van der Waals surface area contributed by atoms with E-state index in [1.165, 1.54) is 19.3 Å². The summed E-state index contributed by atoms with van der Waals surface area (Å²) in [6.45, 7) is 1.27. The van der Waals surface area contributed by atoms with Crippen LogP contribution in [-0.2, 0) is 11.3 Å². The van der Waals surface area contributed by atoms with Gasteiger partial charge in [-0.3, -0.25) is 4.79 Å². The molecular formula is C12H16O3. The molecule has 2 rings (SSSR count).